The van der Waals surface area contributed by atoms with Crippen LogP contribution in [0.2, 0.25) is 0 Å². The van der Waals surface area contributed by atoms with Gasteiger partial charge in [-0.2, -0.15) is 0 Å². The molecular formula is C8H10N2O3S. The highest BCUT2D eigenvalue weighted by atomic mass is 32.1. The van der Waals surface area contributed by atoms with Crippen LogP contribution >= 0.6 is 12.6 Å². The molecule has 0 spiro atoms. The molecular weight excluding hydrogens is 204 g/mol. The van der Waals surface area contributed by atoms with Gasteiger partial charge in [-0.1, -0.05) is 0 Å². The van der Waals surface area contributed by atoms with Crippen molar-refractivity contribution in [3.8, 4) is 0 Å². The third-order valence-corrected chi connectivity index (χ3v) is 2.13. The summed E-state index contributed by atoms with van der Waals surface area (Å²) in [5.41, 5.74) is 3.07. The zero-order valence-electron chi connectivity index (χ0n) is 7.14. The van der Waals surface area contributed by atoms with Crippen molar-refractivity contribution in [2.45, 2.75) is 11.0 Å². The Morgan fingerprint density at radius 3 is 2.71 bits per heavy atom. The maximum atomic E-state index is 10.5. The van der Waals surface area contributed by atoms with Gasteiger partial charge in [0.15, 0.2) is 6.10 Å². The number of thiol groups is 1. The average Bonchev–Trinajstić information content (AvgIpc) is 2.17. The van der Waals surface area contributed by atoms with Gasteiger partial charge in [0.25, 0.3) is 0 Å². The minimum Gasteiger partial charge on any atom is -0.479 e. The van der Waals surface area contributed by atoms with Gasteiger partial charge in [0.1, 0.15) is 0 Å². The van der Waals surface area contributed by atoms with Crippen LogP contribution in [0.25, 0.3) is 0 Å². The fourth-order valence-corrected chi connectivity index (χ4v) is 1.26. The predicted molar refractivity (Wildman–Crippen MR) is 54.1 cm³/mol. The van der Waals surface area contributed by atoms with Crippen molar-refractivity contribution in [3.63, 3.8) is 0 Å². The minimum atomic E-state index is -1.59. The summed E-state index contributed by atoms with van der Waals surface area (Å²) in [4.78, 5) is 10.9. The smallest absolute Gasteiger partial charge is 0.337 e. The third kappa shape index (κ3) is 2.16. The van der Waals surface area contributed by atoms with E-state index in [4.69, 9.17) is 10.9 Å². The lowest BCUT2D eigenvalue weighted by Gasteiger charge is -2.10. The molecule has 1 rings (SSSR count). The van der Waals surface area contributed by atoms with Gasteiger partial charge >= 0.3 is 5.97 Å². The Kier molecular flexibility index (Phi) is 3.34. The second kappa shape index (κ2) is 4.32. The number of nitrogens with two attached hydrogens (primary N) is 1. The van der Waals surface area contributed by atoms with E-state index in [0.29, 0.717) is 10.6 Å². The van der Waals surface area contributed by atoms with Gasteiger partial charge in [0.2, 0.25) is 0 Å². The van der Waals surface area contributed by atoms with E-state index in [-0.39, 0.29) is 5.56 Å². The standard InChI is InChI=1S/C8H10N2O3S/c9-10-4-1-2-6(14)5(3-4)7(11)8(12)13/h1-3,7,10-11,14H,9H2,(H,12,13). The number of aliphatic hydroxyl groups excluding tert-OH is 1. The van der Waals surface area contributed by atoms with Crippen molar-refractivity contribution in [3.05, 3.63) is 23.8 Å². The molecule has 5 nitrogen and oxygen atoms in total. The number of aliphatic carboxylic acids is 1. The number of rotatable bonds is 3. The number of anilines is 1. The molecule has 0 heterocycles. The first kappa shape index (κ1) is 10.8. The van der Waals surface area contributed by atoms with Gasteiger partial charge in [0.05, 0.1) is 0 Å². The van der Waals surface area contributed by atoms with Gasteiger partial charge in [-0.05, 0) is 18.2 Å². The monoisotopic (exact) mass is 214 g/mol. The van der Waals surface area contributed by atoms with E-state index in [1.165, 1.54) is 6.07 Å². The van der Waals surface area contributed by atoms with E-state index in [1.807, 2.05) is 0 Å². The van der Waals surface area contributed by atoms with Crippen LogP contribution in [0, 0.1) is 0 Å². The number of benzene rings is 1. The van der Waals surface area contributed by atoms with Crippen molar-refractivity contribution in [2.75, 3.05) is 5.43 Å². The summed E-state index contributed by atoms with van der Waals surface area (Å²) in [6, 6.07) is 4.61. The van der Waals surface area contributed by atoms with E-state index in [0.717, 1.165) is 0 Å². The molecule has 0 saturated carbocycles. The second-order valence-electron chi connectivity index (χ2n) is 2.66. The Labute approximate surface area is 85.9 Å². The summed E-state index contributed by atoms with van der Waals surface area (Å²) in [7, 11) is 0. The van der Waals surface area contributed by atoms with Crippen LogP contribution in [0.5, 0.6) is 0 Å². The lowest BCUT2D eigenvalue weighted by molar-refractivity contribution is -0.147. The maximum Gasteiger partial charge on any atom is 0.337 e. The van der Waals surface area contributed by atoms with Crippen LogP contribution in [-0.4, -0.2) is 16.2 Å². The molecule has 0 aliphatic carbocycles. The summed E-state index contributed by atoms with van der Waals surface area (Å²) in [6.07, 6.45) is -1.59. The molecule has 1 atom stereocenters. The summed E-state index contributed by atoms with van der Waals surface area (Å²) in [5.74, 6) is 3.82. The molecule has 0 amide bonds. The number of carboxylic acids is 1. The SMILES string of the molecule is NNc1ccc(S)c(C(O)C(=O)O)c1. The molecule has 6 heteroatoms. The number of hydrazine groups is 1. The summed E-state index contributed by atoms with van der Waals surface area (Å²) >= 11 is 4.03. The van der Waals surface area contributed by atoms with Crippen molar-refractivity contribution in [1.29, 1.82) is 0 Å². The Balaban J connectivity index is 3.11. The largest absolute Gasteiger partial charge is 0.479 e. The number of carboxylic acid groups (broad SMARTS) is 1. The fraction of sp³-hybridized carbons (Fsp3) is 0.125. The van der Waals surface area contributed by atoms with Crippen LogP contribution in [0.15, 0.2) is 23.1 Å². The molecule has 0 fully saturated rings. The van der Waals surface area contributed by atoms with E-state index in [2.05, 4.69) is 18.1 Å². The Morgan fingerprint density at radius 1 is 1.57 bits per heavy atom. The highest BCUT2D eigenvalue weighted by molar-refractivity contribution is 7.80. The average molecular weight is 214 g/mol. The van der Waals surface area contributed by atoms with Crippen LogP contribution in [0.3, 0.4) is 0 Å². The molecule has 14 heavy (non-hydrogen) atoms. The number of nitrogen functional groups attached to an aromatic ring is 1. The predicted octanol–water partition coefficient (Wildman–Crippen LogP) is 0.379. The quantitative estimate of drug-likeness (QED) is 0.285. The maximum absolute atomic E-state index is 10.5. The first-order valence-corrected chi connectivity index (χ1v) is 4.21. The highest BCUT2D eigenvalue weighted by Crippen LogP contribution is 2.24. The van der Waals surface area contributed by atoms with E-state index < -0.39 is 12.1 Å². The number of nitrogens with one attached hydrogen (secondary N) is 1. The molecule has 0 aliphatic heterocycles. The lowest BCUT2D eigenvalue weighted by atomic mass is 10.1. The summed E-state index contributed by atoms with van der Waals surface area (Å²) < 4.78 is 0. The van der Waals surface area contributed by atoms with Crippen molar-refractivity contribution >= 4 is 24.3 Å². The molecule has 0 bridgehead atoms. The molecule has 0 saturated heterocycles. The normalized spacial score (nSPS) is 12.2. The van der Waals surface area contributed by atoms with Crippen LogP contribution < -0.4 is 11.3 Å². The Morgan fingerprint density at radius 2 is 2.21 bits per heavy atom. The number of hydrogen-bond acceptors (Lipinski definition) is 5. The topological polar surface area (TPSA) is 95.6 Å². The Bertz CT molecular complexity index is 356. The van der Waals surface area contributed by atoms with Crippen LogP contribution in [0.4, 0.5) is 5.69 Å². The van der Waals surface area contributed by atoms with E-state index in [1.54, 1.807) is 12.1 Å². The fourth-order valence-electron chi connectivity index (χ4n) is 0.996. The molecule has 5 N–H and O–H groups in total. The molecule has 0 radical (unpaired) electrons. The van der Waals surface area contributed by atoms with E-state index >= 15 is 0 Å². The molecule has 0 aromatic heterocycles. The molecule has 1 aromatic rings. The molecule has 1 unspecified atom stereocenters. The first-order chi connectivity index (χ1) is 6.56. The summed E-state index contributed by atoms with van der Waals surface area (Å²) in [6.45, 7) is 0. The van der Waals surface area contributed by atoms with Crippen LogP contribution in [0.1, 0.15) is 11.7 Å². The number of aliphatic hydroxyl groups is 1. The van der Waals surface area contributed by atoms with Gasteiger partial charge in [0, 0.05) is 16.1 Å². The van der Waals surface area contributed by atoms with Gasteiger partial charge in [-0.3, -0.25) is 5.84 Å². The second-order valence-corrected chi connectivity index (χ2v) is 3.14. The zero-order valence-corrected chi connectivity index (χ0v) is 8.03. The van der Waals surface area contributed by atoms with E-state index in [9.17, 15) is 9.90 Å². The van der Waals surface area contributed by atoms with Gasteiger partial charge in [-0.25, -0.2) is 4.79 Å². The summed E-state index contributed by atoms with van der Waals surface area (Å²) in [5, 5.41) is 17.9. The Hall–Kier alpha value is -1.24. The van der Waals surface area contributed by atoms with Crippen molar-refractivity contribution in [2.24, 2.45) is 5.84 Å². The first-order valence-electron chi connectivity index (χ1n) is 3.76. The van der Waals surface area contributed by atoms with Crippen molar-refractivity contribution in [1.82, 2.24) is 0 Å². The number of carbonyl (C=O) groups is 1. The number of hydrogen-bond donors (Lipinski definition) is 5. The van der Waals surface area contributed by atoms with Gasteiger partial charge < -0.3 is 15.6 Å². The lowest BCUT2D eigenvalue weighted by Crippen LogP contribution is -2.13. The van der Waals surface area contributed by atoms with Crippen molar-refractivity contribution < 1.29 is 15.0 Å². The molecule has 1 aromatic carbocycles. The third-order valence-electron chi connectivity index (χ3n) is 1.72. The molecule has 76 valence electrons. The van der Waals surface area contributed by atoms with Gasteiger partial charge in [-0.15, -0.1) is 12.6 Å². The van der Waals surface area contributed by atoms with Crippen LogP contribution in [-0.2, 0) is 4.79 Å². The molecule has 0 aliphatic rings. The zero-order chi connectivity index (χ0) is 10.7. The minimum absolute atomic E-state index is 0.205. The highest BCUT2D eigenvalue weighted by Gasteiger charge is 2.18.